The Bertz CT molecular complexity index is 742. The van der Waals surface area contributed by atoms with Gasteiger partial charge in [-0.3, -0.25) is 4.79 Å². The molecule has 5 nitrogen and oxygen atoms in total. The van der Waals surface area contributed by atoms with Gasteiger partial charge in [-0.05, 0) is 42.3 Å². The highest BCUT2D eigenvalue weighted by Gasteiger charge is 2.14. The van der Waals surface area contributed by atoms with Crippen molar-refractivity contribution < 1.29 is 23.0 Å². The lowest BCUT2D eigenvalue weighted by Crippen LogP contribution is -2.27. The molecule has 148 valence electrons. The standard InChI is InChI=1S/C19H22F2N2O3.ClH/c1-3-25-17-10-14(6-9-16(17)26-19(20)21)12-23(2)18(24)11-13-4-7-15(22)8-5-13;/h4-10,19H,3,11-12,22H2,1-2H3;1H. The number of likely N-dealkylation sites (N-methyl/N-ethyl adjacent to an activating group) is 1. The van der Waals surface area contributed by atoms with E-state index in [1.807, 2.05) is 12.1 Å². The third kappa shape index (κ3) is 6.94. The Morgan fingerprint density at radius 3 is 2.33 bits per heavy atom. The van der Waals surface area contributed by atoms with Gasteiger partial charge in [0, 0.05) is 19.3 Å². The number of benzene rings is 2. The van der Waals surface area contributed by atoms with Crippen molar-refractivity contribution in [3.8, 4) is 11.5 Å². The first-order chi connectivity index (χ1) is 12.4. The van der Waals surface area contributed by atoms with Gasteiger partial charge in [0.05, 0.1) is 13.0 Å². The molecule has 0 aliphatic rings. The Balaban J connectivity index is 0.00000364. The van der Waals surface area contributed by atoms with Crippen molar-refractivity contribution in [1.29, 1.82) is 0 Å². The highest BCUT2D eigenvalue weighted by atomic mass is 35.5. The molecule has 0 atom stereocenters. The lowest BCUT2D eigenvalue weighted by molar-refractivity contribution is -0.129. The molecule has 0 unspecified atom stereocenters. The third-order valence-electron chi connectivity index (χ3n) is 3.70. The minimum absolute atomic E-state index is 0. The van der Waals surface area contributed by atoms with Gasteiger partial charge in [0.15, 0.2) is 11.5 Å². The number of rotatable bonds is 8. The van der Waals surface area contributed by atoms with Gasteiger partial charge in [-0.15, -0.1) is 12.4 Å². The van der Waals surface area contributed by atoms with Crippen LogP contribution in [0.15, 0.2) is 42.5 Å². The number of carbonyl (C=O) groups is 1. The Hall–Kier alpha value is -2.54. The van der Waals surface area contributed by atoms with Crippen molar-refractivity contribution in [2.45, 2.75) is 26.5 Å². The number of halogens is 3. The predicted molar refractivity (Wildman–Crippen MR) is 103 cm³/mol. The molecular formula is C19H23ClF2N2O3. The minimum atomic E-state index is -2.93. The Labute approximate surface area is 163 Å². The average Bonchev–Trinajstić information content (AvgIpc) is 2.59. The van der Waals surface area contributed by atoms with Crippen molar-refractivity contribution in [2.24, 2.45) is 0 Å². The minimum Gasteiger partial charge on any atom is -0.490 e. The second-order valence-corrected chi connectivity index (χ2v) is 5.76. The number of amides is 1. The first kappa shape index (κ1) is 22.5. The van der Waals surface area contributed by atoms with Crippen molar-refractivity contribution in [2.75, 3.05) is 19.4 Å². The number of nitrogen functional groups attached to an aromatic ring is 1. The summed E-state index contributed by atoms with van der Waals surface area (Å²) in [5.74, 6) is 0.131. The quantitative estimate of drug-likeness (QED) is 0.683. The van der Waals surface area contributed by atoms with Gasteiger partial charge in [0.1, 0.15) is 0 Å². The topological polar surface area (TPSA) is 64.8 Å². The number of ether oxygens (including phenoxy) is 2. The summed E-state index contributed by atoms with van der Waals surface area (Å²) in [6.45, 7) is -0.539. The van der Waals surface area contributed by atoms with Crippen molar-refractivity contribution >= 4 is 24.0 Å². The summed E-state index contributed by atoms with van der Waals surface area (Å²) < 4.78 is 34.7. The van der Waals surface area contributed by atoms with Gasteiger partial charge in [-0.1, -0.05) is 18.2 Å². The molecule has 0 aliphatic carbocycles. The lowest BCUT2D eigenvalue weighted by Gasteiger charge is -2.19. The van der Waals surface area contributed by atoms with E-state index in [0.29, 0.717) is 18.8 Å². The molecule has 0 saturated heterocycles. The molecule has 8 heteroatoms. The van der Waals surface area contributed by atoms with E-state index in [2.05, 4.69) is 4.74 Å². The molecule has 0 bridgehead atoms. The average molecular weight is 401 g/mol. The summed E-state index contributed by atoms with van der Waals surface area (Å²) in [6, 6.07) is 11.8. The van der Waals surface area contributed by atoms with E-state index in [0.717, 1.165) is 11.1 Å². The highest BCUT2D eigenvalue weighted by molar-refractivity contribution is 5.85. The number of nitrogens with two attached hydrogens (primary N) is 1. The van der Waals surface area contributed by atoms with E-state index in [9.17, 15) is 13.6 Å². The van der Waals surface area contributed by atoms with Crippen LogP contribution in [-0.4, -0.2) is 31.1 Å². The molecule has 0 aromatic heterocycles. The van der Waals surface area contributed by atoms with Crippen LogP contribution in [0.1, 0.15) is 18.1 Å². The molecule has 0 saturated carbocycles. The smallest absolute Gasteiger partial charge is 0.387 e. The summed E-state index contributed by atoms with van der Waals surface area (Å²) in [5.41, 5.74) is 7.90. The number of carbonyl (C=O) groups excluding carboxylic acids is 1. The van der Waals surface area contributed by atoms with Crippen molar-refractivity contribution in [1.82, 2.24) is 4.90 Å². The van der Waals surface area contributed by atoms with Crippen LogP contribution in [0.5, 0.6) is 11.5 Å². The molecule has 0 aliphatic heterocycles. The molecule has 27 heavy (non-hydrogen) atoms. The molecule has 0 heterocycles. The maximum Gasteiger partial charge on any atom is 0.387 e. The Morgan fingerprint density at radius 1 is 1.11 bits per heavy atom. The lowest BCUT2D eigenvalue weighted by atomic mass is 10.1. The monoisotopic (exact) mass is 400 g/mol. The van der Waals surface area contributed by atoms with Crippen molar-refractivity contribution in [3.63, 3.8) is 0 Å². The third-order valence-corrected chi connectivity index (χ3v) is 3.70. The van der Waals surface area contributed by atoms with Gasteiger partial charge < -0.3 is 20.1 Å². The van der Waals surface area contributed by atoms with Crippen LogP contribution in [0, 0.1) is 0 Å². The number of alkyl halides is 2. The molecule has 2 aromatic carbocycles. The molecular weight excluding hydrogens is 378 g/mol. The van der Waals surface area contributed by atoms with E-state index in [1.165, 1.54) is 6.07 Å². The summed E-state index contributed by atoms with van der Waals surface area (Å²) >= 11 is 0. The largest absolute Gasteiger partial charge is 0.490 e. The van der Waals surface area contributed by atoms with Crippen LogP contribution in [0.4, 0.5) is 14.5 Å². The summed E-state index contributed by atoms with van der Waals surface area (Å²) in [7, 11) is 1.68. The molecule has 0 fully saturated rings. The van der Waals surface area contributed by atoms with Crippen molar-refractivity contribution in [3.05, 3.63) is 53.6 Å². The zero-order valence-electron chi connectivity index (χ0n) is 15.2. The zero-order valence-corrected chi connectivity index (χ0v) is 16.0. The second kappa shape index (κ2) is 10.6. The summed E-state index contributed by atoms with van der Waals surface area (Å²) in [4.78, 5) is 13.9. The number of hydrogen-bond acceptors (Lipinski definition) is 4. The van der Waals surface area contributed by atoms with Gasteiger partial charge in [0.2, 0.25) is 5.91 Å². The fraction of sp³-hybridized carbons (Fsp3) is 0.316. The van der Waals surface area contributed by atoms with Gasteiger partial charge >= 0.3 is 6.61 Å². The Kier molecular flexibility index (Phi) is 8.81. The molecule has 1 amide bonds. The Morgan fingerprint density at radius 2 is 1.74 bits per heavy atom. The summed E-state index contributed by atoms with van der Waals surface area (Å²) in [5, 5.41) is 0. The van der Waals surface area contributed by atoms with Crippen LogP contribution in [-0.2, 0) is 17.8 Å². The number of nitrogens with zero attached hydrogens (tertiary/aromatic N) is 1. The number of anilines is 1. The SMILES string of the molecule is CCOc1cc(CN(C)C(=O)Cc2ccc(N)cc2)ccc1OC(F)F.Cl. The maximum absolute atomic E-state index is 12.5. The van der Waals surface area contributed by atoms with Crippen LogP contribution < -0.4 is 15.2 Å². The van der Waals surface area contributed by atoms with E-state index >= 15 is 0 Å². The van der Waals surface area contributed by atoms with Crippen LogP contribution in [0.2, 0.25) is 0 Å². The normalized spacial score (nSPS) is 10.3. The van der Waals surface area contributed by atoms with Gasteiger partial charge in [0.25, 0.3) is 0 Å². The van der Waals surface area contributed by atoms with Crippen LogP contribution in [0.3, 0.4) is 0 Å². The summed E-state index contributed by atoms with van der Waals surface area (Å²) in [6.07, 6.45) is 0.252. The first-order valence-electron chi connectivity index (χ1n) is 8.18. The van der Waals surface area contributed by atoms with Crippen LogP contribution >= 0.6 is 12.4 Å². The fourth-order valence-electron chi connectivity index (χ4n) is 2.42. The van der Waals surface area contributed by atoms with E-state index in [1.54, 1.807) is 43.1 Å². The number of hydrogen-bond donors (Lipinski definition) is 1. The fourth-order valence-corrected chi connectivity index (χ4v) is 2.42. The highest BCUT2D eigenvalue weighted by Crippen LogP contribution is 2.30. The predicted octanol–water partition coefficient (Wildman–Crippen LogP) is 3.89. The molecule has 2 rings (SSSR count). The van der Waals surface area contributed by atoms with E-state index in [-0.39, 0.29) is 36.2 Å². The maximum atomic E-state index is 12.5. The van der Waals surface area contributed by atoms with Gasteiger partial charge in [-0.25, -0.2) is 0 Å². The van der Waals surface area contributed by atoms with Crippen LogP contribution in [0.25, 0.3) is 0 Å². The first-order valence-corrected chi connectivity index (χ1v) is 8.18. The molecule has 0 spiro atoms. The molecule has 2 aromatic rings. The molecule has 0 radical (unpaired) electrons. The second-order valence-electron chi connectivity index (χ2n) is 5.76. The zero-order chi connectivity index (χ0) is 19.1. The van der Waals surface area contributed by atoms with Gasteiger partial charge in [-0.2, -0.15) is 8.78 Å². The molecule has 2 N–H and O–H groups in total. The van der Waals surface area contributed by atoms with E-state index < -0.39 is 6.61 Å². The van der Waals surface area contributed by atoms with E-state index in [4.69, 9.17) is 10.5 Å².